The van der Waals surface area contributed by atoms with Gasteiger partial charge in [0.05, 0.1) is 19.3 Å². The van der Waals surface area contributed by atoms with Gasteiger partial charge in [-0.15, -0.1) is 24.0 Å². The zero-order valence-electron chi connectivity index (χ0n) is 17.1. The van der Waals surface area contributed by atoms with Crippen LogP contribution in [0.2, 0.25) is 0 Å². The first-order valence-corrected chi connectivity index (χ1v) is 9.53. The lowest BCUT2D eigenvalue weighted by atomic mass is 10.1. The third-order valence-corrected chi connectivity index (χ3v) is 4.65. The summed E-state index contributed by atoms with van der Waals surface area (Å²) in [4.78, 5) is 18.6. The second-order valence-corrected chi connectivity index (χ2v) is 6.71. The minimum absolute atomic E-state index is 0. The number of aromatic nitrogens is 2. The minimum Gasteiger partial charge on any atom is -0.370 e. The summed E-state index contributed by atoms with van der Waals surface area (Å²) in [5, 5.41) is 10.5. The number of ether oxygens (including phenoxy) is 1. The Hall–Kier alpha value is -2.14. The smallest absolute Gasteiger partial charge is 0.251 e. The summed E-state index contributed by atoms with van der Waals surface area (Å²) < 4.78 is 7.69. The molecule has 9 heteroatoms. The van der Waals surface area contributed by atoms with Crippen LogP contribution in [0.25, 0.3) is 0 Å². The quantitative estimate of drug-likeness (QED) is 0.364. The summed E-state index contributed by atoms with van der Waals surface area (Å²) in [6, 6.07) is 7.63. The number of aryl methyl sites for hydroxylation is 1. The first-order chi connectivity index (χ1) is 13.6. The zero-order valence-corrected chi connectivity index (χ0v) is 19.4. The van der Waals surface area contributed by atoms with E-state index in [0.29, 0.717) is 31.8 Å². The van der Waals surface area contributed by atoms with Crippen LogP contribution < -0.4 is 10.6 Å². The molecule has 0 saturated carbocycles. The summed E-state index contributed by atoms with van der Waals surface area (Å²) >= 11 is 0. The highest BCUT2D eigenvalue weighted by Crippen LogP contribution is 2.21. The van der Waals surface area contributed by atoms with E-state index >= 15 is 0 Å². The van der Waals surface area contributed by atoms with Gasteiger partial charge in [-0.2, -0.15) is 5.10 Å². The molecule has 2 heterocycles. The number of carbonyl (C=O) groups is 1. The highest BCUT2D eigenvalue weighted by atomic mass is 127. The average Bonchev–Trinajstić information content (AvgIpc) is 3.15. The van der Waals surface area contributed by atoms with Gasteiger partial charge in [0.25, 0.3) is 5.91 Å². The number of aliphatic imine (C=N–C) groups is 1. The standard InChI is InChI=1S/C20H28N6O2.HI/c1-4-22-19(27)16-7-5-6-15(10-16)11-23-20(21-2)26-8-9-28-18(14-26)17-12-24-25(3)13-17;/h5-7,10,12-13,18H,4,8-9,11,14H2,1-3H3,(H,21,23)(H,22,27);1H. The van der Waals surface area contributed by atoms with Crippen molar-refractivity contribution in [3.63, 3.8) is 0 Å². The van der Waals surface area contributed by atoms with E-state index in [2.05, 4.69) is 25.6 Å². The van der Waals surface area contributed by atoms with Crippen molar-refractivity contribution in [3.8, 4) is 0 Å². The van der Waals surface area contributed by atoms with E-state index in [9.17, 15) is 4.79 Å². The number of halogens is 1. The molecule has 0 spiro atoms. The molecule has 1 unspecified atom stereocenters. The number of nitrogens with zero attached hydrogens (tertiary/aromatic N) is 4. The van der Waals surface area contributed by atoms with E-state index in [0.717, 1.165) is 23.6 Å². The molecule has 0 aliphatic carbocycles. The molecular formula is C20H29IN6O2. The Labute approximate surface area is 188 Å². The number of morpholine rings is 1. The molecule has 1 aliphatic rings. The van der Waals surface area contributed by atoms with E-state index < -0.39 is 0 Å². The van der Waals surface area contributed by atoms with Crippen LogP contribution in [0.4, 0.5) is 0 Å². The van der Waals surface area contributed by atoms with Crippen molar-refractivity contribution in [2.24, 2.45) is 12.0 Å². The lowest BCUT2D eigenvalue weighted by molar-refractivity contribution is -0.00805. The van der Waals surface area contributed by atoms with Gasteiger partial charge in [-0.05, 0) is 24.6 Å². The first kappa shape index (κ1) is 23.1. The Morgan fingerprint density at radius 3 is 2.90 bits per heavy atom. The molecule has 1 aliphatic heterocycles. The maximum Gasteiger partial charge on any atom is 0.251 e. The van der Waals surface area contributed by atoms with Crippen LogP contribution >= 0.6 is 24.0 Å². The third kappa shape index (κ3) is 6.17. The van der Waals surface area contributed by atoms with Crippen molar-refractivity contribution >= 4 is 35.8 Å². The largest absolute Gasteiger partial charge is 0.370 e. The second kappa shape index (κ2) is 11.1. The number of benzene rings is 1. The summed E-state index contributed by atoms with van der Waals surface area (Å²) in [7, 11) is 3.68. The van der Waals surface area contributed by atoms with Crippen LogP contribution in [-0.2, 0) is 18.3 Å². The van der Waals surface area contributed by atoms with Crippen LogP contribution in [-0.4, -0.2) is 59.8 Å². The van der Waals surface area contributed by atoms with Gasteiger partial charge < -0.3 is 20.3 Å². The Bertz CT molecular complexity index is 838. The molecule has 1 amide bonds. The first-order valence-electron chi connectivity index (χ1n) is 9.53. The maximum atomic E-state index is 12.0. The summed E-state index contributed by atoms with van der Waals surface area (Å²) in [5.41, 5.74) is 2.76. The lowest BCUT2D eigenvalue weighted by Crippen LogP contribution is -2.47. The van der Waals surface area contributed by atoms with Gasteiger partial charge in [0.1, 0.15) is 6.10 Å². The zero-order chi connectivity index (χ0) is 19.9. The molecule has 1 atom stereocenters. The number of hydrogen-bond acceptors (Lipinski definition) is 4. The molecular weight excluding hydrogens is 483 g/mol. The van der Waals surface area contributed by atoms with Crippen LogP contribution in [0.1, 0.15) is 34.5 Å². The number of carbonyl (C=O) groups excluding carboxylic acids is 1. The monoisotopic (exact) mass is 512 g/mol. The maximum absolute atomic E-state index is 12.0. The number of amides is 1. The molecule has 1 aromatic carbocycles. The molecule has 1 aromatic heterocycles. The summed E-state index contributed by atoms with van der Waals surface area (Å²) in [6.07, 6.45) is 3.80. The topological polar surface area (TPSA) is 83.8 Å². The number of nitrogens with one attached hydrogen (secondary N) is 2. The van der Waals surface area contributed by atoms with E-state index in [-0.39, 0.29) is 36.0 Å². The van der Waals surface area contributed by atoms with Gasteiger partial charge in [-0.1, -0.05) is 12.1 Å². The van der Waals surface area contributed by atoms with Crippen LogP contribution in [0, 0.1) is 0 Å². The predicted molar refractivity (Wildman–Crippen MR) is 124 cm³/mol. The van der Waals surface area contributed by atoms with Gasteiger partial charge >= 0.3 is 0 Å². The number of rotatable bonds is 5. The molecule has 0 bridgehead atoms. The SMILES string of the molecule is CCNC(=O)c1cccc(CNC(=NC)N2CCOC(c3cnn(C)c3)C2)c1.I. The molecule has 3 rings (SSSR count). The summed E-state index contributed by atoms with van der Waals surface area (Å²) in [5.74, 6) is 0.766. The van der Waals surface area contributed by atoms with E-state index in [1.807, 2.05) is 50.6 Å². The lowest BCUT2D eigenvalue weighted by Gasteiger charge is -2.34. The van der Waals surface area contributed by atoms with Gasteiger partial charge in [-0.25, -0.2) is 0 Å². The minimum atomic E-state index is -0.0544. The van der Waals surface area contributed by atoms with Gasteiger partial charge in [0, 0.05) is 51.1 Å². The fraction of sp³-hybridized carbons (Fsp3) is 0.450. The van der Waals surface area contributed by atoms with Crippen molar-refractivity contribution in [2.45, 2.75) is 19.6 Å². The van der Waals surface area contributed by atoms with E-state index in [1.54, 1.807) is 11.7 Å². The van der Waals surface area contributed by atoms with E-state index in [4.69, 9.17) is 4.74 Å². The Balaban J connectivity index is 0.00000300. The van der Waals surface area contributed by atoms with Crippen molar-refractivity contribution in [3.05, 3.63) is 53.3 Å². The molecule has 29 heavy (non-hydrogen) atoms. The summed E-state index contributed by atoms with van der Waals surface area (Å²) in [6.45, 7) is 5.24. The van der Waals surface area contributed by atoms with Gasteiger partial charge in [0.15, 0.2) is 5.96 Å². The average molecular weight is 512 g/mol. The predicted octanol–water partition coefficient (Wildman–Crippen LogP) is 1.94. The number of guanidine groups is 1. The van der Waals surface area contributed by atoms with Crippen molar-refractivity contribution in [2.75, 3.05) is 33.3 Å². The fourth-order valence-corrected chi connectivity index (χ4v) is 3.25. The van der Waals surface area contributed by atoms with Crippen molar-refractivity contribution < 1.29 is 9.53 Å². The second-order valence-electron chi connectivity index (χ2n) is 6.71. The molecule has 8 nitrogen and oxygen atoms in total. The molecule has 1 fully saturated rings. The molecule has 0 radical (unpaired) electrons. The Morgan fingerprint density at radius 2 is 2.21 bits per heavy atom. The van der Waals surface area contributed by atoms with Gasteiger partial charge in [0.2, 0.25) is 0 Å². The van der Waals surface area contributed by atoms with Crippen LogP contribution in [0.5, 0.6) is 0 Å². The van der Waals surface area contributed by atoms with Crippen molar-refractivity contribution in [1.82, 2.24) is 25.3 Å². The molecule has 2 aromatic rings. The highest BCUT2D eigenvalue weighted by molar-refractivity contribution is 14.0. The number of hydrogen-bond donors (Lipinski definition) is 2. The van der Waals surface area contributed by atoms with Crippen LogP contribution in [0.3, 0.4) is 0 Å². The highest BCUT2D eigenvalue weighted by Gasteiger charge is 2.25. The third-order valence-electron chi connectivity index (χ3n) is 4.65. The van der Waals surface area contributed by atoms with E-state index in [1.165, 1.54) is 0 Å². The molecule has 1 saturated heterocycles. The Morgan fingerprint density at radius 1 is 1.38 bits per heavy atom. The Kier molecular flexibility index (Phi) is 8.90. The normalized spacial score (nSPS) is 16.9. The molecule has 2 N–H and O–H groups in total. The van der Waals surface area contributed by atoms with Crippen LogP contribution in [0.15, 0.2) is 41.7 Å². The molecule has 158 valence electrons. The van der Waals surface area contributed by atoms with Crippen molar-refractivity contribution in [1.29, 1.82) is 0 Å². The fourth-order valence-electron chi connectivity index (χ4n) is 3.25. The van der Waals surface area contributed by atoms with Gasteiger partial charge in [-0.3, -0.25) is 14.5 Å².